The first-order valence-electron chi connectivity index (χ1n) is 6.25. The highest BCUT2D eigenvalue weighted by Gasteiger charge is 2.09. The van der Waals surface area contributed by atoms with Crippen molar-refractivity contribution in [3.05, 3.63) is 55.8 Å². The topological polar surface area (TPSA) is 86.4 Å². The molecule has 7 nitrogen and oxygen atoms in total. The van der Waals surface area contributed by atoms with Gasteiger partial charge in [0.15, 0.2) is 0 Å². The molecule has 0 amide bonds. The zero-order valence-electron chi connectivity index (χ0n) is 11.4. The predicted octanol–water partition coefficient (Wildman–Crippen LogP) is 2.08. The highest BCUT2D eigenvalue weighted by molar-refractivity contribution is 7.13. The highest BCUT2D eigenvalue weighted by atomic mass is 32.1. The number of pyridine rings is 1. The molecule has 2 rings (SSSR count). The summed E-state index contributed by atoms with van der Waals surface area (Å²) < 4.78 is 6.51. The Morgan fingerprint density at radius 2 is 2.29 bits per heavy atom. The minimum atomic E-state index is -0.404. The van der Waals surface area contributed by atoms with Crippen LogP contribution in [0.5, 0.6) is 0 Å². The zero-order chi connectivity index (χ0) is 15.2. The van der Waals surface area contributed by atoms with Crippen molar-refractivity contribution in [1.29, 1.82) is 0 Å². The molecule has 0 aromatic carbocycles. The predicted molar refractivity (Wildman–Crippen MR) is 80.9 cm³/mol. The van der Waals surface area contributed by atoms with E-state index in [4.69, 9.17) is 4.74 Å². The third-order valence-corrected chi connectivity index (χ3v) is 3.77. The number of thiophene rings is 1. The zero-order valence-corrected chi connectivity index (χ0v) is 12.3. The summed E-state index contributed by atoms with van der Waals surface area (Å²) >= 11 is 1.10. The van der Waals surface area contributed by atoms with E-state index in [2.05, 4.69) is 5.32 Å². The Balaban J connectivity index is 2.02. The van der Waals surface area contributed by atoms with Gasteiger partial charge in [0.05, 0.1) is 17.2 Å². The first kappa shape index (κ1) is 15.2. The molecule has 0 fully saturated rings. The van der Waals surface area contributed by atoms with Gasteiger partial charge in [-0.15, -0.1) is 0 Å². The summed E-state index contributed by atoms with van der Waals surface area (Å²) in [5, 5.41) is 15.6. The molecule has 0 aliphatic heterocycles. The fourth-order valence-corrected chi connectivity index (χ4v) is 2.48. The molecule has 0 radical (unpaired) electrons. The number of aromatic nitrogens is 1. The van der Waals surface area contributed by atoms with E-state index < -0.39 is 4.92 Å². The van der Waals surface area contributed by atoms with Gasteiger partial charge in [0.2, 0.25) is 0 Å². The monoisotopic (exact) mass is 309 g/mol. The third kappa shape index (κ3) is 4.14. The van der Waals surface area contributed by atoms with Crippen molar-refractivity contribution in [2.24, 2.45) is 0 Å². The largest absolute Gasteiger partial charge is 0.383 e. The standard InChI is InChI=1S/C13H15N3O4S/c1-20-5-4-15-8-11(2-3-12(15)17)14-7-10-6-13(16(18)19)21-9-10/h2-3,6,8-9,14H,4-5,7H2,1H3. The van der Waals surface area contributed by atoms with Crippen molar-refractivity contribution in [2.45, 2.75) is 13.1 Å². The van der Waals surface area contributed by atoms with Crippen LogP contribution < -0.4 is 10.9 Å². The minimum absolute atomic E-state index is 0.0937. The lowest BCUT2D eigenvalue weighted by Crippen LogP contribution is -2.21. The lowest BCUT2D eigenvalue weighted by atomic mass is 10.3. The molecule has 2 aromatic rings. The number of nitrogens with one attached hydrogen (secondary N) is 1. The fourth-order valence-electron chi connectivity index (χ4n) is 1.76. The van der Waals surface area contributed by atoms with Gasteiger partial charge in [-0.25, -0.2) is 0 Å². The molecule has 2 heterocycles. The molecule has 112 valence electrons. The molecule has 0 saturated heterocycles. The van der Waals surface area contributed by atoms with Crippen LogP contribution in [0.1, 0.15) is 5.56 Å². The Morgan fingerprint density at radius 3 is 2.95 bits per heavy atom. The molecular weight excluding hydrogens is 294 g/mol. The van der Waals surface area contributed by atoms with E-state index in [-0.39, 0.29) is 10.6 Å². The average molecular weight is 309 g/mol. The molecule has 2 aromatic heterocycles. The van der Waals surface area contributed by atoms with Gasteiger partial charge in [0.25, 0.3) is 5.56 Å². The van der Waals surface area contributed by atoms with Crippen molar-refractivity contribution in [2.75, 3.05) is 19.0 Å². The van der Waals surface area contributed by atoms with Crippen molar-refractivity contribution < 1.29 is 9.66 Å². The van der Waals surface area contributed by atoms with Gasteiger partial charge in [-0.05, 0) is 11.6 Å². The Kier molecular flexibility index (Phi) is 5.07. The Hall–Kier alpha value is -2.19. The molecule has 0 aliphatic carbocycles. The molecular formula is C13H15N3O4S. The molecule has 0 bridgehead atoms. The molecule has 1 N–H and O–H groups in total. The first-order chi connectivity index (χ1) is 10.1. The number of rotatable bonds is 7. The highest BCUT2D eigenvalue weighted by Crippen LogP contribution is 2.23. The van der Waals surface area contributed by atoms with Crippen LogP contribution in [-0.2, 0) is 17.8 Å². The number of hydrogen-bond acceptors (Lipinski definition) is 6. The Labute approximate surface area is 124 Å². The minimum Gasteiger partial charge on any atom is -0.383 e. The second kappa shape index (κ2) is 7.00. The molecule has 0 spiro atoms. The van der Waals surface area contributed by atoms with Crippen LogP contribution in [-0.4, -0.2) is 23.2 Å². The summed E-state index contributed by atoms with van der Waals surface area (Å²) in [4.78, 5) is 21.8. The van der Waals surface area contributed by atoms with E-state index in [9.17, 15) is 14.9 Å². The molecule has 0 aliphatic rings. The number of methoxy groups -OCH3 is 1. The average Bonchev–Trinajstić information content (AvgIpc) is 2.94. The number of ether oxygens (including phenoxy) is 1. The van der Waals surface area contributed by atoms with E-state index in [1.807, 2.05) is 0 Å². The number of nitrogens with zero attached hydrogens (tertiary/aromatic N) is 2. The summed E-state index contributed by atoms with van der Waals surface area (Å²) in [6.07, 6.45) is 1.71. The van der Waals surface area contributed by atoms with Gasteiger partial charge in [0, 0.05) is 43.9 Å². The molecule has 21 heavy (non-hydrogen) atoms. The second-order valence-corrected chi connectivity index (χ2v) is 5.24. The van der Waals surface area contributed by atoms with Crippen LogP contribution in [0.4, 0.5) is 10.7 Å². The van der Waals surface area contributed by atoms with Crippen molar-refractivity contribution in [1.82, 2.24) is 4.57 Å². The number of anilines is 1. The van der Waals surface area contributed by atoms with Gasteiger partial charge >= 0.3 is 5.00 Å². The Bertz CT molecular complexity index is 680. The van der Waals surface area contributed by atoms with Gasteiger partial charge in [0.1, 0.15) is 0 Å². The Morgan fingerprint density at radius 1 is 1.48 bits per heavy atom. The van der Waals surface area contributed by atoms with E-state index in [1.165, 1.54) is 6.07 Å². The van der Waals surface area contributed by atoms with Gasteiger partial charge in [-0.1, -0.05) is 11.3 Å². The SMILES string of the molecule is COCCn1cc(NCc2csc([N+](=O)[O-])c2)ccc1=O. The summed E-state index contributed by atoms with van der Waals surface area (Å²) in [6, 6.07) is 4.71. The third-order valence-electron chi connectivity index (χ3n) is 2.84. The normalized spacial score (nSPS) is 10.5. The molecule has 0 saturated carbocycles. The fraction of sp³-hybridized carbons (Fsp3) is 0.308. The smallest absolute Gasteiger partial charge is 0.324 e. The van der Waals surface area contributed by atoms with Crippen molar-refractivity contribution in [3.8, 4) is 0 Å². The van der Waals surface area contributed by atoms with E-state index in [0.717, 1.165) is 22.6 Å². The second-order valence-electron chi connectivity index (χ2n) is 4.35. The van der Waals surface area contributed by atoms with Crippen LogP contribution in [0, 0.1) is 10.1 Å². The maximum atomic E-state index is 11.6. The molecule has 8 heteroatoms. The van der Waals surface area contributed by atoms with E-state index in [0.29, 0.717) is 19.7 Å². The number of hydrogen-bond donors (Lipinski definition) is 1. The van der Waals surface area contributed by atoms with Gasteiger partial charge in [-0.2, -0.15) is 0 Å². The van der Waals surface area contributed by atoms with E-state index in [1.54, 1.807) is 35.4 Å². The number of nitro groups is 1. The van der Waals surface area contributed by atoms with Crippen LogP contribution in [0.25, 0.3) is 0 Å². The van der Waals surface area contributed by atoms with Gasteiger partial charge in [-0.3, -0.25) is 14.9 Å². The lowest BCUT2D eigenvalue weighted by Gasteiger charge is -2.09. The lowest BCUT2D eigenvalue weighted by molar-refractivity contribution is -0.380. The van der Waals surface area contributed by atoms with Crippen LogP contribution in [0.15, 0.2) is 34.6 Å². The van der Waals surface area contributed by atoms with E-state index >= 15 is 0 Å². The summed E-state index contributed by atoms with van der Waals surface area (Å²) in [7, 11) is 1.58. The molecule has 0 atom stereocenters. The summed E-state index contributed by atoms with van der Waals surface area (Å²) in [6.45, 7) is 1.40. The maximum absolute atomic E-state index is 11.6. The maximum Gasteiger partial charge on any atom is 0.324 e. The van der Waals surface area contributed by atoms with Crippen LogP contribution in [0.2, 0.25) is 0 Å². The van der Waals surface area contributed by atoms with Gasteiger partial charge < -0.3 is 14.6 Å². The van der Waals surface area contributed by atoms with Crippen LogP contribution in [0.3, 0.4) is 0 Å². The quantitative estimate of drug-likeness (QED) is 0.625. The van der Waals surface area contributed by atoms with Crippen molar-refractivity contribution in [3.63, 3.8) is 0 Å². The summed E-state index contributed by atoms with van der Waals surface area (Å²) in [5.74, 6) is 0. The summed E-state index contributed by atoms with van der Waals surface area (Å²) in [5.41, 5.74) is 1.52. The first-order valence-corrected chi connectivity index (χ1v) is 7.13. The molecule has 0 unspecified atom stereocenters. The van der Waals surface area contributed by atoms with Crippen molar-refractivity contribution >= 4 is 22.0 Å². The van der Waals surface area contributed by atoms with Crippen LogP contribution >= 0.6 is 11.3 Å².